The molecule has 0 atom stereocenters. The van der Waals surface area contributed by atoms with Crippen molar-refractivity contribution in [2.75, 3.05) is 6.61 Å². The van der Waals surface area contributed by atoms with Crippen molar-refractivity contribution in [2.45, 2.75) is 6.92 Å². The zero-order valence-electron chi connectivity index (χ0n) is 13.5. The van der Waals surface area contributed by atoms with Crippen molar-refractivity contribution in [1.82, 2.24) is 9.88 Å². The third kappa shape index (κ3) is 4.08. The predicted octanol–water partition coefficient (Wildman–Crippen LogP) is 1.36. The number of nitrogens with zero attached hydrogens (tertiary/aromatic N) is 2. The van der Waals surface area contributed by atoms with E-state index in [0.717, 1.165) is 0 Å². The van der Waals surface area contributed by atoms with Crippen molar-refractivity contribution < 1.29 is 24.0 Å². The van der Waals surface area contributed by atoms with Crippen molar-refractivity contribution in [3.63, 3.8) is 0 Å². The minimum absolute atomic E-state index is 0.0178. The molecule has 0 aliphatic carbocycles. The van der Waals surface area contributed by atoms with Gasteiger partial charge in [0, 0.05) is 24.9 Å². The number of hydrogen-bond donors (Lipinski definition) is 1. The Morgan fingerprint density at radius 1 is 1.24 bits per heavy atom. The molecule has 0 aliphatic heterocycles. The fourth-order valence-electron chi connectivity index (χ4n) is 2.17. The Morgan fingerprint density at radius 3 is 2.56 bits per heavy atom. The number of carbonyl (C=O) groups is 3. The van der Waals surface area contributed by atoms with Gasteiger partial charge in [0.15, 0.2) is 6.61 Å². The van der Waals surface area contributed by atoms with E-state index in [1.165, 1.54) is 35.8 Å². The van der Waals surface area contributed by atoms with Gasteiger partial charge in [0.05, 0.1) is 10.5 Å². The van der Waals surface area contributed by atoms with Crippen molar-refractivity contribution in [1.29, 1.82) is 0 Å². The number of aromatic nitrogens is 1. The highest BCUT2D eigenvalue weighted by molar-refractivity contribution is 6.04. The second-order valence-electron chi connectivity index (χ2n) is 5.16. The SMILES string of the molecule is Cc1c(C(=O)OCC(=O)NC(=O)c2cccn2C)cccc1[N+](=O)[O-]. The summed E-state index contributed by atoms with van der Waals surface area (Å²) in [6.45, 7) is 0.727. The number of nitro groups is 1. The van der Waals surface area contributed by atoms with Gasteiger partial charge in [0.25, 0.3) is 17.5 Å². The smallest absolute Gasteiger partial charge is 0.339 e. The van der Waals surface area contributed by atoms with Gasteiger partial charge in [0.2, 0.25) is 0 Å². The minimum Gasteiger partial charge on any atom is -0.452 e. The van der Waals surface area contributed by atoms with Crippen LogP contribution in [0.15, 0.2) is 36.5 Å². The summed E-state index contributed by atoms with van der Waals surface area (Å²) in [6, 6.07) is 7.14. The van der Waals surface area contributed by atoms with E-state index in [2.05, 4.69) is 5.32 Å². The molecule has 9 heteroatoms. The van der Waals surface area contributed by atoms with E-state index < -0.39 is 29.3 Å². The summed E-state index contributed by atoms with van der Waals surface area (Å²) >= 11 is 0. The number of imide groups is 1. The Hall–Kier alpha value is -3.49. The zero-order chi connectivity index (χ0) is 18.6. The van der Waals surface area contributed by atoms with E-state index in [4.69, 9.17) is 4.74 Å². The molecule has 0 saturated heterocycles. The molecule has 1 aromatic heterocycles. The molecule has 1 N–H and O–H groups in total. The van der Waals surface area contributed by atoms with Crippen LogP contribution in [-0.4, -0.2) is 33.9 Å². The van der Waals surface area contributed by atoms with Crippen molar-refractivity contribution in [3.8, 4) is 0 Å². The van der Waals surface area contributed by atoms with Crippen LogP contribution in [0.3, 0.4) is 0 Å². The Morgan fingerprint density at radius 2 is 1.96 bits per heavy atom. The molecule has 0 fully saturated rings. The molecule has 9 nitrogen and oxygen atoms in total. The van der Waals surface area contributed by atoms with E-state index in [1.807, 2.05) is 0 Å². The zero-order valence-corrected chi connectivity index (χ0v) is 13.5. The van der Waals surface area contributed by atoms with Gasteiger partial charge in [-0.2, -0.15) is 0 Å². The monoisotopic (exact) mass is 345 g/mol. The topological polar surface area (TPSA) is 121 Å². The normalized spacial score (nSPS) is 10.2. The van der Waals surface area contributed by atoms with Crippen LogP contribution < -0.4 is 5.32 Å². The fraction of sp³-hybridized carbons (Fsp3) is 0.188. The lowest BCUT2D eigenvalue weighted by Crippen LogP contribution is -2.35. The number of carbonyl (C=O) groups excluding carboxylic acids is 3. The van der Waals surface area contributed by atoms with Gasteiger partial charge in [-0.1, -0.05) is 6.07 Å². The van der Waals surface area contributed by atoms with Crippen LogP contribution in [0, 0.1) is 17.0 Å². The molecule has 2 rings (SSSR count). The van der Waals surface area contributed by atoms with Crippen LogP contribution >= 0.6 is 0 Å². The van der Waals surface area contributed by atoms with Crippen LogP contribution in [0.5, 0.6) is 0 Å². The summed E-state index contributed by atoms with van der Waals surface area (Å²) in [6.07, 6.45) is 1.64. The number of rotatable bonds is 5. The van der Waals surface area contributed by atoms with Gasteiger partial charge in [-0.3, -0.25) is 25.0 Å². The predicted molar refractivity (Wildman–Crippen MR) is 86.0 cm³/mol. The third-order valence-corrected chi connectivity index (χ3v) is 3.49. The standard InChI is InChI=1S/C16H15N3O6/c1-10-11(5-3-6-12(10)19(23)24)16(22)25-9-14(20)17-15(21)13-7-4-8-18(13)2/h3-8H,9H2,1-2H3,(H,17,20,21). The van der Waals surface area contributed by atoms with E-state index in [-0.39, 0.29) is 22.5 Å². The average Bonchev–Trinajstić information content (AvgIpc) is 2.98. The highest BCUT2D eigenvalue weighted by atomic mass is 16.6. The van der Waals surface area contributed by atoms with Crippen LogP contribution in [0.1, 0.15) is 26.4 Å². The molecule has 0 spiro atoms. The molecule has 0 bridgehead atoms. The minimum atomic E-state index is -0.886. The number of benzene rings is 1. The molecule has 0 radical (unpaired) electrons. The van der Waals surface area contributed by atoms with Crippen LogP contribution in [0.2, 0.25) is 0 Å². The lowest BCUT2D eigenvalue weighted by atomic mass is 10.1. The highest BCUT2D eigenvalue weighted by Crippen LogP contribution is 2.21. The van der Waals surface area contributed by atoms with Crippen LogP contribution in [0.25, 0.3) is 0 Å². The fourth-order valence-corrected chi connectivity index (χ4v) is 2.17. The Labute approximate surface area is 142 Å². The first-order valence-corrected chi connectivity index (χ1v) is 7.18. The lowest BCUT2D eigenvalue weighted by molar-refractivity contribution is -0.385. The summed E-state index contributed by atoms with van der Waals surface area (Å²) in [5.74, 6) is -2.31. The summed E-state index contributed by atoms with van der Waals surface area (Å²) in [5.41, 5.74) is 0.167. The second-order valence-corrected chi connectivity index (χ2v) is 5.16. The van der Waals surface area contributed by atoms with E-state index >= 15 is 0 Å². The van der Waals surface area contributed by atoms with E-state index in [9.17, 15) is 24.5 Å². The molecule has 0 unspecified atom stereocenters. The molecule has 25 heavy (non-hydrogen) atoms. The van der Waals surface area contributed by atoms with Gasteiger partial charge >= 0.3 is 5.97 Å². The highest BCUT2D eigenvalue weighted by Gasteiger charge is 2.20. The number of amides is 2. The van der Waals surface area contributed by atoms with Crippen molar-refractivity contribution >= 4 is 23.5 Å². The Bertz CT molecular complexity index is 855. The molecule has 1 heterocycles. The molecular formula is C16H15N3O6. The van der Waals surface area contributed by atoms with E-state index in [1.54, 1.807) is 19.3 Å². The van der Waals surface area contributed by atoms with Gasteiger partial charge in [0.1, 0.15) is 5.69 Å². The van der Waals surface area contributed by atoms with Crippen molar-refractivity contribution in [2.24, 2.45) is 7.05 Å². The molecule has 0 aliphatic rings. The third-order valence-electron chi connectivity index (χ3n) is 3.49. The Kier molecular flexibility index (Phi) is 5.28. The molecular weight excluding hydrogens is 330 g/mol. The maximum absolute atomic E-state index is 12.0. The number of hydrogen-bond acceptors (Lipinski definition) is 6. The maximum atomic E-state index is 12.0. The first-order valence-electron chi connectivity index (χ1n) is 7.18. The summed E-state index contributed by atoms with van der Waals surface area (Å²) in [4.78, 5) is 45.8. The summed E-state index contributed by atoms with van der Waals surface area (Å²) in [7, 11) is 1.64. The van der Waals surface area contributed by atoms with Gasteiger partial charge in [-0.05, 0) is 25.1 Å². The van der Waals surface area contributed by atoms with Gasteiger partial charge in [-0.25, -0.2) is 4.79 Å². The first-order chi connectivity index (χ1) is 11.8. The van der Waals surface area contributed by atoms with Gasteiger partial charge in [-0.15, -0.1) is 0 Å². The van der Waals surface area contributed by atoms with Crippen LogP contribution in [0.4, 0.5) is 5.69 Å². The maximum Gasteiger partial charge on any atom is 0.339 e. The van der Waals surface area contributed by atoms with E-state index in [0.29, 0.717) is 0 Å². The Balaban J connectivity index is 1.97. The number of nitrogens with one attached hydrogen (secondary N) is 1. The average molecular weight is 345 g/mol. The van der Waals surface area contributed by atoms with Crippen LogP contribution in [-0.2, 0) is 16.6 Å². The molecule has 130 valence electrons. The number of nitro benzene ring substituents is 1. The molecule has 2 aromatic rings. The summed E-state index contributed by atoms with van der Waals surface area (Å²) < 4.78 is 6.35. The number of ether oxygens (including phenoxy) is 1. The van der Waals surface area contributed by atoms with Gasteiger partial charge < -0.3 is 9.30 Å². The number of aryl methyl sites for hydroxylation is 1. The molecule has 2 amide bonds. The quantitative estimate of drug-likeness (QED) is 0.496. The molecule has 0 saturated carbocycles. The molecule has 1 aromatic carbocycles. The second kappa shape index (κ2) is 7.39. The largest absolute Gasteiger partial charge is 0.452 e. The van der Waals surface area contributed by atoms with Crippen molar-refractivity contribution in [3.05, 3.63) is 63.5 Å². The first kappa shape index (κ1) is 17.9. The lowest BCUT2D eigenvalue weighted by Gasteiger charge is -2.08. The number of esters is 1. The summed E-state index contributed by atoms with van der Waals surface area (Å²) in [5, 5.41) is 13.0.